The van der Waals surface area contributed by atoms with E-state index in [2.05, 4.69) is 10.1 Å². The van der Waals surface area contributed by atoms with Crippen LogP contribution >= 0.6 is 0 Å². The molecule has 7 heteroatoms. The molecule has 1 amide bonds. The number of hydrogen-bond donors (Lipinski definition) is 1. The maximum absolute atomic E-state index is 12.3. The summed E-state index contributed by atoms with van der Waals surface area (Å²) in [4.78, 5) is 11.6. The molecule has 20 heavy (non-hydrogen) atoms. The van der Waals surface area contributed by atoms with Gasteiger partial charge in [-0.1, -0.05) is 0 Å². The predicted octanol–water partition coefficient (Wildman–Crippen LogP) is 3.64. The Morgan fingerprint density at radius 1 is 1.25 bits per heavy atom. The van der Waals surface area contributed by atoms with Crippen LogP contribution in [0.2, 0.25) is 0 Å². The molecule has 0 aliphatic rings. The number of rotatable bonds is 4. The maximum atomic E-state index is 12.3. The highest BCUT2D eigenvalue weighted by Gasteiger charge is 2.17. The quantitative estimate of drug-likeness (QED) is 0.919. The number of ether oxygens (including phenoxy) is 3. The van der Waals surface area contributed by atoms with Crippen LogP contribution < -0.4 is 14.8 Å². The monoisotopic (exact) mass is 289 g/mol. The van der Waals surface area contributed by atoms with E-state index in [1.54, 1.807) is 20.8 Å². The van der Waals surface area contributed by atoms with Gasteiger partial charge in [0.1, 0.15) is 5.60 Å². The Morgan fingerprint density at radius 2 is 1.90 bits per heavy atom. The zero-order chi connectivity index (χ0) is 15.3. The van der Waals surface area contributed by atoms with Crippen LogP contribution in [0.1, 0.15) is 20.8 Å². The summed E-state index contributed by atoms with van der Waals surface area (Å²) < 4.78 is 38.8. The van der Waals surface area contributed by atoms with Gasteiger partial charge in [0.2, 0.25) is 0 Å². The van der Waals surface area contributed by atoms with Crippen LogP contribution in [0.15, 0.2) is 18.2 Å². The van der Waals surface area contributed by atoms with E-state index in [4.69, 9.17) is 9.47 Å². The Kier molecular flexibility index (Phi) is 5.12. The lowest BCUT2D eigenvalue weighted by atomic mass is 10.2. The predicted molar refractivity (Wildman–Crippen MR) is 69.5 cm³/mol. The summed E-state index contributed by atoms with van der Waals surface area (Å²) in [7, 11) is 1.33. The van der Waals surface area contributed by atoms with E-state index in [1.807, 2.05) is 0 Å². The van der Waals surface area contributed by atoms with Crippen LogP contribution in [-0.4, -0.2) is 25.4 Å². The van der Waals surface area contributed by atoms with Crippen molar-refractivity contribution < 1.29 is 27.8 Å². The molecule has 0 aromatic heterocycles. The topological polar surface area (TPSA) is 56.8 Å². The Balaban J connectivity index is 2.83. The van der Waals surface area contributed by atoms with Gasteiger partial charge < -0.3 is 14.2 Å². The van der Waals surface area contributed by atoms with Gasteiger partial charge in [-0.25, -0.2) is 4.79 Å². The summed E-state index contributed by atoms with van der Waals surface area (Å²) in [5, 5.41) is 2.42. The number of nitrogens with one attached hydrogen (secondary N) is 1. The normalized spacial score (nSPS) is 11.2. The second-order valence-electron chi connectivity index (χ2n) is 4.87. The second kappa shape index (κ2) is 6.40. The first-order valence-electron chi connectivity index (χ1n) is 5.84. The summed E-state index contributed by atoms with van der Waals surface area (Å²) in [6.45, 7) is 2.16. The molecule has 0 aliphatic carbocycles. The highest BCUT2D eigenvalue weighted by atomic mass is 19.3. The minimum absolute atomic E-state index is 0.139. The average molecular weight is 289 g/mol. The van der Waals surface area contributed by atoms with Crippen LogP contribution in [0.25, 0.3) is 0 Å². The van der Waals surface area contributed by atoms with E-state index >= 15 is 0 Å². The van der Waals surface area contributed by atoms with Crippen molar-refractivity contribution in [1.82, 2.24) is 0 Å². The van der Waals surface area contributed by atoms with Crippen molar-refractivity contribution in [3.8, 4) is 11.5 Å². The Hall–Kier alpha value is -2.05. The molecule has 0 heterocycles. The van der Waals surface area contributed by atoms with E-state index < -0.39 is 18.3 Å². The van der Waals surface area contributed by atoms with Gasteiger partial charge in [0.25, 0.3) is 0 Å². The third-order valence-electron chi connectivity index (χ3n) is 2.02. The van der Waals surface area contributed by atoms with E-state index in [0.29, 0.717) is 0 Å². The zero-order valence-electron chi connectivity index (χ0n) is 11.7. The first kappa shape index (κ1) is 16.0. The van der Waals surface area contributed by atoms with Gasteiger partial charge in [-0.2, -0.15) is 8.78 Å². The van der Waals surface area contributed by atoms with Gasteiger partial charge in [0.15, 0.2) is 11.5 Å². The lowest BCUT2D eigenvalue weighted by Crippen LogP contribution is -2.27. The molecule has 112 valence electrons. The first-order chi connectivity index (χ1) is 9.21. The van der Waals surface area contributed by atoms with Crippen molar-refractivity contribution >= 4 is 11.8 Å². The largest absolute Gasteiger partial charge is 0.493 e. The minimum atomic E-state index is -2.99. The average Bonchev–Trinajstić information content (AvgIpc) is 2.25. The number of alkyl halides is 2. The molecule has 0 atom stereocenters. The van der Waals surface area contributed by atoms with E-state index in [0.717, 1.165) is 0 Å². The molecule has 0 spiro atoms. The standard InChI is InChI=1S/C13H17F2NO4/c1-13(2,3)20-12(17)16-8-5-6-9(18-4)10(7-8)19-11(14)15/h5-7,11H,1-4H3,(H,16,17). The van der Waals surface area contributed by atoms with Gasteiger partial charge in [-0.05, 0) is 32.9 Å². The van der Waals surface area contributed by atoms with Gasteiger partial charge in [0.05, 0.1) is 7.11 Å². The molecule has 0 radical (unpaired) electrons. The molecule has 0 bridgehead atoms. The second-order valence-corrected chi connectivity index (χ2v) is 4.87. The lowest BCUT2D eigenvalue weighted by molar-refractivity contribution is -0.0511. The van der Waals surface area contributed by atoms with Crippen LogP contribution in [0.4, 0.5) is 19.3 Å². The molecule has 1 N–H and O–H groups in total. The fourth-order valence-corrected chi connectivity index (χ4v) is 1.36. The highest BCUT2D eigenvalue weighted by molar-refractivity contribution is 5.85. The van der Waals surface area contributed by atoms with Crippen molar-refractivity contribution in [3.05, 3.63) is 18.2 Å². The summed E-state index contributed by atoms with van der Waals surface area (Å²) in [6, 6.07) is 4.13. The van der Waals surface area contributed by atoms with E-state index in [9.17, 15) is 13.6 Å². The number of amides is 1. The van der Waals surface area contributed by atoms with E-state index in [1.165, 1.54) is 25.3 Å². The third-order valence-corrected chi connectivity index (χ3v) is 2.02. The molecule has 0 unspecified atom stereocenters. The van der Waals surface area contributed by atoms with Crippen LogP contribution in [0.5, 0.6) is 11.5 Å². The van der Waals surface area contributed by atoms with Crippen molar-refractivity contribution in [2.45, 2.75) is 33.0 Å². The van der Waals surface area contributed by atoms with Gasteiger partial charge >= 0.3 is 12.7 Å². The molecule has 1 rings (SSSR count). The number of halogens is 2. The van der Waals surface area contributed by atoms with Gasteiger partial charge in [-0.15, -0.1) is 0 Å². The Morgan fingerprint density at radius 3 is 2.40 bits per heavy atom. The summed E-state index contributed by atoms with van der Waals surface area (Å²) in [5.41, 5.74) is -0.394. The number of carbonyl (C=O) groups excluding carboxylic acids is 1. The van der Waals surface area contributed by atoms with Crippen LogP contribution in [-0.2, 0) is 4.74 Å². The zero-order valence-corrected chi connectivity index (χ0v) is 11.7. The van der Waals surface area contributed by atoms with Crippen molar-refractivity contribution in [2.75, 3.05) is 12.4 Å². The smallest absolute Gasteiger partial charge is 0.412 e. The van der Waals surface area contributed by atoms with E-state index in [-0.39, 0.29) is 17.2 Å². The fourth-order valence-electron chi connectivity index (χ4n) is 1.36. The fraction of sp³-hybridized carbons (Fsp3) is 0.462. The van der Waals surface area contributed by atoms with Crippen molar-refractivity contribution in [3.63, 3.8) is 0 Å². The number of anilines is 1. The Labute approximate surface area is 115 Å². The lowest BCUT2D eigenvalue weighted by Gasteiger charge is -2.20. The third kappa shape index (κ3) is 5.29. The van der Waals surface area contributed by atoms with Crippen LogP contribution in [0.3, 0.4) is 0 Å². The number of hydrogen-bond acceptors (Lipinski definition) is 4. The SMILES string of the molecule is COc1ccc(NC(=O)OC(C)(C)C)cc1OC(F)F. The van der Waals surface area contributed by atoms with Crippen molar-refractivity contribution in [1.29, 1.82) is 0 Å². The molecule has 5 nitrogen and oxygen atoms in total. The molecule has 0 aliphatic heterocycles. The maximum Gasteiger partial charge on any atom is 0.412 e. The van der Waals surface area contributed by atoms with Gasteiger partial charge in [-0.3, -0.25) is 5.32 Å². The van der Waals surface area contributed by atoms with Crippen LogP contribution in [0, 0.1) is 0 Å². The molecule has 0 fully saturated rings. The first-order valence-corrected chi connectivity index (χ1v) is 5.84. The summed E-state index contributed by atoms with van der Waals surface area (Å²) in [6.07, 6.45) is -0.689. The molecular weight excluding hydrogens is 272 g/mol. The van der Waals surface area contributed by atoms with Gasteiger partial charge in [0, 0.05) is 11.8 Å². The molecule has 0 saturated heterocycles. The number of carbonyl (C=O) groups is 1. The number of methoxy groups -OCH3 is 1. The minimum Gasteiger partial charge on any atom is -0.493 e. The molecule has 1 aromatic carbocycles. The molecular formula is C13H17F2NO4. The number of benzene rings is 1. The van der Waals surface area contributed by atoms with Crippen molar-refractivity contribution in [2.24, 2.45) is 0 Å². The molecule has 1 aromatic rings. The molecule has 0 saturated carbocycles. The highest BCUT2D eigenvalue weighted by Crippen LogP contribution is 2.31. The summed E-state index contributed by atoms with van der Waals surface area (Å²) >= 11 is 0. The Bertz CT molecular complexity index is 472. The summed E-state index contributed by atoms with van der Waals surface area (Å²) in [5.74, 6) is -0.0314.